The van der Waals surface area contributed by atoms with Crippen LogP contribution in [0.1, 0.15) is 16.1 Å². The zero-order valence-corrected chi connectivity index (χ0v) is 9.47. The number of halogens is 1. The highest BCUT2D eigenvalue weighted by Crippen LogP contribution is 2.07. The summed E-state index contributed by atoms with van der Waals surface area (Å²) in [7, 11) is 0. The van der Waals surface area contributed by atoms with Crippen LogP contribution in [0.3, 0.4) is 0 Å². The van der Waals surface area contributed by atoms with Crippen molar-refractivity contribution < 1.29 is 13.9 Å². The molecule has 5 heteroatoms. The van der Waals surface area contributed by atoms with Gasteiger partial charge in [0.15, 0.2) is 0 Å². The van der Waals surface area contributed by atoms with Gasteiger partial charge in [0.1, 0.15) is 18.1 Å². The Morgan fingerprint density at radius 3 is 2.56 bits per heavy atom. The molecule has 0 atom stereocenters. The lowest BCUT2D eigenvalue weighted by atomic mass is 10.2. The molecular formula is C13H11FN2O2. The first-order chi connectivity index (χ1) is 8.65. The largest absolute Gasteiger partial charge is 0.456 e. The molecule has 2 aromatic rings. The molecule has 4 nitrogen and oxygen atoms in total. The van der Waals surface area contributed by atoms with Gasteiger partial charge < -0.3 is 10.5 Å². The topological polar surface area (TPSA) is 65.2 Å². The van der Waals surface area contributed by atoms with E-state index < -0.39 is 5.97 Å². The fraction of sp³-hybridized carbons (Fsp3) is 0.0769. The van der Waals surface area contributed by atoms with Crippen molar-refractivity contribution in [2.45, 2.75) is 6.61 Å². The summed E-state index contributed by atoms with van der Waals surface area (Å²) in [5.74, 6) is -0.871. The molecule has 2 rings (SSSR count). The molecule has 0 unspecified atom stereocenters. The van der Waals surface area contributed by atoms with Gasteiger partial charge in [0.2, 0.25) is 0 Å². The number of carbonyl (C=O) groups is 1. The standard InChI is InChI=1S/C13H11FN2O2/c14-10-3-1-9(2-4-10)8-18-13(17)12-6-5-11(15)7-16-12/h1-7H,8,15H2. The molecule has 1 aromatic heterocycles. The number of nitrogen functional groups attached to an aromatic ring is 1. The molecule has 0 aliphatic heterocycles. The first kappa shape index (κ1) is 12.0. The van der Waals surface area contributed by atoms with Crippen molar-refractivity contribution in [2.24, 2.45) is 0 Å². The van der Waals surface area contributed by atoms with Crippen molar-refractivity contribution in [3.63, 3.8) is 0 Å². The second-order valence-electron chi connectivity index (χ2n) is 3.68. The van der Waals surface area contributed by atoms with E-state index in [0.717, 1.165) is 0 Å². The summed E-state index contributed by atoms with van der Waals surface area (Å²) in [6.07, 6.45) is 1.38. The Morgan fingerprint density at radius 1 is 1.22 bits per heavy atom. The summed E-state index contributed by atoms with van der Waals surface area (Å²) in [6.45, 7) is 0.0746. The van der Waals surface area contributed by atoms with Crippen molar-refractivity contribution in [1.29, 1.82) is 0 Å². The second-order valence-corrected chi connectivity index (χ2v) is 3.68. The van der Waals surface area contributed by atoms with Gasteiger partial charge >= 0.3 is 5.97 Å². The third-order valence-electron chi connectivity index (χ3n) is 2.28. The fourth-order valence-corrected chi connectivity index (χ4v) is 1.33. The van der Waals surface area contributed by atoms with Gasteiger partial charge in [0.05, 0.1) is 11.9 Å². The summed E-state index contributed by atoms with van der Waals surface area (Å²) in [5.41, 5.74) is 6.83. The number of aromatic nitrogens is 1. The molecule has 0 spiro atoms. The van der Waals surface area contributed by atoms with Gasteiger partial charge in [0.25, 0.3) is 0 Å². The molecule has 0 radical (unpaired) electrons. The summed E-state index contributed by atoms with van der Waals surface area (Å²) in [6, 6.07) is 8.79. The number of pyridine rings is 1. The SMILES string of the molecule is Nc1ccc(C(=O)OCc2ccc(F)cc2)nc1. The van der Waals surface area contributed by atoms with Gasteiger partial charge in [-0.1, -0.05) is 12.1 Å². The minimum atomic E-state index is -0.542. The van der Waals surface area contributed by atoms with Crippen LogP contribution in [0.4, 0.5) is 10.1 Å². The van der Waals surface area contributed by atoms with E-state index >= 15 is 0 Å². The highest BCUT2D eigenvalue weighted by Gasteiger charge is 2.08. The normalized spacial score (nSPS) is 10.1. The van der Waals surface area contributed by atoms with Crippen molar-refractivity contribution in [3.8, 4) is 0 Å². The molecule has 1 heterocycles. The van der Waals surface area contributed by atoms with E-state index in [9.17, 15) is 9.18 Å². The third-order valence-corrected chi connectivity index (χ3v) is 2.28. The summed E-state index contributed by atoms with van der Waals surface area (Å²) < 4.78 is 17.7. The lowest BCUT2D eigenvalue weighted by Gasteiger charge is -2.04. The maximum Gasteiger partial charge on any atom is 0.357 e. The minimum Gasteiger partial charge on any atom is -0.456 e. The Bertz CT molecular complexity index is 538. The Labute approximate surface area is 103 Å². The zero-order valence-electron chi connectivity index (χ0n) is 9.47. The van der Waals surface area contributed by atoms with E-state index in [0.29, 0.717) is 11.3 Å². The first-order valence-electron chi connectivity index (χ1n) is 5.28. The number of rotatable bonds is 3. The number of carbonyl (C=O) groups excluding carboxylic acids is 1. The number of ether oxygens (including phenoxy) is 1. The molecule has 18 heavy (non-hydrogen) atoms. The summed E-state index contributed by atoms with van der Waals surface area (Å²) >= 11 is 0. The van der Waals surface area contributed by atoms with Gasteiger partial charge in [-0.25, -0.2) is 14.2 Å². The predicted molar refractivity (Wildman–Crippen MR) is 64.2 cm³/mol. The van der Waals surface area contributed by atoms with Crippen molar-refractivity contribution in [1.82, 2.24) is 4.98 Å². The van der Waals surface area contributed by atoms with Crippen LogP contribution in [0.15, 0.2) is 42.6 Å². The maximum atomic E-state index is 12.7. The van der Waals surface area contributed by atoms with E-state index in [-0.39, 0.29) is 18.1 Å². The average molecular weight is 246 g/mol. The Morgan fingerprint density at radius 2 is 1.94 bits per heavy atom. The van der Waals surface area contributed by atoms with Crippen molar-refractivity contribution in [2.75, 3.05) is 5.73 Å². The third kappa shape index (κ3) is 3.04. The predicted octanol–water partition coefficient (Wildman–Crippen LogP) is 2.16. The molecule has 1 aromatic carbocycles. The Balaban J connectivity index is 1.96. The van der Waals surface area contributed by atoms with Gasteiger partial charge in [-0.3, -0.25) is 0 Å². The Kier molecular flexibility index (Phi) is 3.52. The zero-order chi connectivity index (χ0) is 13.0. The van der Waals surface area contributed by atoms with E-state index in [1.54, 1.807) is 18.2 Å². The van der Waals surface area contributed by atoms with E-state index in [4.69, 9.17) is 10.5 Å². The second kappa shape index (κ2) is 5.27. The van der Waals surface area contributed by atoms with Gasteiger partial charge in [-0.2, -0.15) is 0 Å². The number of hydrogen-bond donors (Lipinski definition) is 1. The first-order valence-corrected chi connectivity index (χ1v) is 5.28. The highest BCUT2D eigenvalue weighted by atomic mass is 19.1. The molecular weight excluding hydrogens is 235 g/mol. The summed E-state index contributed by atoms with van der Waals surface area (Å²) in [4.78, 5) is 15.4. The lowest BCUT2D eigenvalue weighted by Crippen LogP contribution is -2.07. The van der Waals surface area contributed by atoms with Crippen LogP contribution in [-0.2, 0) is 11.3 Å². The molecule has 0 fully saturated rings. The van der Waals surface area contributed by atoms with E-state index in [1.807, 2.05) is 0 Å². The lowest BCUT2D eigenvalue weighted by molar-refractivity contribution is 0.0466. The van der Waals surface area contributed by atoms with Crippen molar-refractivity contribution >= 4 is 11.7 Å². The van der Waals surface area contributed by atoms with Crippen LogP contribution in [0.5, 0.6) is 0 Å². The van der Waals surface area contributed by atoms with Crippen LogP contribution >= 0.6 is 0 Å². The van der Waals surface area contributed by atoms with Crippen LogP contribution in [-0.4, -0.2) is 11.0 Å². The molecule has 0 amide bonds. The molecule has 2 N–H and O–H groups in total. The van der Waals surface area contributed by atoms with E-state index in [2.05, 4.69) is 4.98 Å². The number of esters is 1. The molecule has 92 valence electrons. The quantitative estimate of drug-likeness (QED) is 0.843. The van der Waals surface area contributed by atoms with Crippen LogP contribution in [0.25, 0.3) is 0 Å². The Hall–Kier alpha value is -2.43. The monoisotopic (exact) mass is 246 g/mol. The van der Waals surface area contributed by atoms with E-state index in [1.165, 1.54) is 24.4 Å². The maximum absolute atomic E-state index is 12.7. The molecule has 0 aliphatic rings. The number of nitrogens with two attached hydrogens (primary N) is 1. The highest BCUT2D eigenvalue weighted by molar-refractivity contribution is 5.87. The van der Waals surface area contributed by atoms with Crippen LogP contribution < -0.4 is 5.73 Å². The number of benzene rings is 1. The minimum absolute atomic E-state index is 0.0746. The average Bonchev–Trinajstić information content (AvgIpc) is 2.38. The van der Waals surface area contributed by atoms with Crippen LogP contribution in [0.2, 0.25) is 0 Å². The molecule has 0 saturated heterocycles. The molecule has 0 bridgehead atoms. The van der Waals surface area contributed by atoms with Crippen LogP contribution in [0, 0.1) is 5.82 Å². The summed E-state index contributed by atoms with van der Waals surface area (Å²) in [5, 5.41) is 0. The van der Waals surface area contributed by atoms with Gasteiger partial charge in [-0.05, 0) is 29.8 Å². The molecule has 0 aliphatic carbocycles. The fourth-order valence-electron chi connectivity index (χ4n) is 1.33. The van der Waals surface area contributed by atoms with Crippen molar-refractivity contribution in [3.05, 3.63) is 59.7 Å². The molecule has 0 saturated carbocycles. The smallest absolute Gasteiger partial charge is 0.357 e. The number of anilines is 1. The number of hydrogen-bond acceptors (Lipinski definition) is 4. The van der Waals surface area contributed by atoms with Gasteiger partial charge in [-0.15, -0.1) is 0 Å². The van der Waals surface area contributed by atoms with Gasteiger partial charge in [0, 0.05) is 0 Å². The number of nitrogens with zero attached hydrogens (tertiary/aromatic N) is 1.